The molecule has 4 nitrogen and oxygen atoms in total. The highest BCUT2D eigenvalue weighted by molar-refractivity contribution is 5.70. The highest BCUT2D eigenvalue weighted by Gasteiger charge is 2.41. The second-order valence-electron chi connectivity index (χ2n) is 8.31. The maximum atomic E-state index is 12.6. The Hall–Kier alpha value is -1.06. The minimum absolute atomic E-state index is 0.199. The zero-order valence-electron chi connectivity index (χ0n) is 14.5. The fraction of sp³-hybridized carbons (Fsp3) is 0.875. The predicted molar refractivity (Wildman–Crippen MR) is 81.8 cm³/mol. The Kier molecular flexibility index (Phi) is 5.82. The van der Waals surface area contributed by atoms with Crippen LogP contribution in [0.5, 0.6) is 0 Å². The SMILES string of the molecule is CC(C)(C)OC(=O)N(C(CC=O)C(C)(C)C)C(C)(C)C. The van der Waals surface area contributed by atoms with E-state index in [0.717, 1.165) is 6.29 Å². The first kappa shape index (κ1) is 18.9. The largest absolute Gasteiger partial charge is 0.444 e. The number of carbonyl (C=O) groups excluding carboxylic acids is 2. The number of carbonyl (C=O) groups is 2. The first-order valence-corrected chi connectivity index (χ1v) is 7.16. The molecule has 1 amide bonds. The van der Waals surface area contributed by atoms with Crippen molar-refractivity contribution in [3.8, 4) is 0 Å². The first-order valence-electron chi connectivity index (χ1n) is 7.16. The van der Waals surface area contributed by atoms with Gasteiger partial charge in [0.2, 0.25) is 0 Å². The highest BCUT2D eigenvalue weighted by Crippen LogP contribution is 2.32. The average Bonchev–Trinajstić information content (AvgIpc) is 2.09. The Bertz CT molecular complexity index is 342. The van der Waals surface area contributed by atoms with E-state index in [2.05, 4.69) is 0 Å². The third kappa shape index (κ3) is 5.93. The van der Waals surface area contributed by atoms with Gasteiger partial charge in [0, 0.05) is 18.0 Å². The second kappa shape index (κ2) is 6.15. The summed E-state index contributed by atoms with van der Waals surface area (Å²) in [7, 11) is 0. The Morgan fingerprint density at radius 2 is 1.50 bits per heavy atom. The van der Waals surface area contributed by atoms with Crippen LogP contribution in [0.3, 0.4) is 0 Å². The molecule has 0 spiro atoms. The molecule has 0 radical (unpaired) electrons. The number of aldehydes is 1. The summed E-state index contributed by atoms with van der Waals surface area (Å²) in [5.41, 5.74) is -1.17. The number of hydrogen-bond acceptors (Lipinski definition) is 3. The highest BCUT2D eigenvalue weighted by atomic mass is 16.6. The summed E-state index contributed by atoms with van der Waals surface area (Å²) in [6, 6.07) is -0.199. The van der Waals surface area contributed by atoms with Gasteiger partial charge in [-0.25, -0.2) is 4.79 Å². The summed E-state index contributed by atoms with van der Waals surface area (Å²) in [5.74, 6) is 0. The van der Waals surface area contributed by atoms with Crippen LogP contribution in [0.25, 0.3) is 0 Å². The van der Waals surface area contributed by atoms with Crippen LogP contribution in [0.4, 0.5) is 4.79 Å². The predicted octanol–water partition coefficient (Wildman–Crippen LogP) is 4.03. The van der Waals surface area contributed by atoms with Crippen LogP contribution in [-0.4, -0.2) is 34.5 Å². The minimum atomic E-state index is -0.551. The number of hydrogen-bond donors (Lipinski definition) is 0. The van der Waals surface area contributed by atoms with E-state index >= 15 is 0 Å². The lowest BCUT2D eigenvalue weighted by Crippen LogP contribution is -2.57. The number of ether oxygens (including phenoxy) is 1. The summed E-state index contributed by atoms with van der Waals surface area (Å²) in [4.78, 5) is 25.3. The quantitative estimate of drug-likeness (QED) is 0.736. The maximum Gasteiger partial charge on any atom is 0.411 e. The number of nitrogens with zero attached hydrogens (tertiary/aromatic N) is 1. The van der Waals surface area contributed by atoms with Gasteiger partial charge in [0.05, 0.1) is 0 Å². The van der Waals surface area contributed by atoms with E-state index in [1.54, 1.807) is 4.90 Å². The number of rotatable bonds is 3. The van der Waals surface area contributed by atoms with Gasteiger partial charge in [0.15, 0.2) is 0 Å². The fourth-order valence-electron chi connectivity index (χ4n) is 2.12. The molecule has 0 aromatic heterocycles. The molecule has 0 saturated heterocycles. The molecule has 0 bridgehead atoms. The van der Waals surface area contributed by atoms with Gasteiger partial charge in [-0.3, -0.25) is 4.90 Å². The van der Waals surface area contributed by atoms with E-state index in [9.17, 15) is 9.59 Å². The molecule has 1 unspecified atom stereocenters. The van der Waals surface area contributed by atoms with Crippen molar-refractivity contribution in [2.45, 2.75) is 85.9 Å². The lowest BCUT2D eigenvalue weighted by molar-refractivity contribution is -0.110. The molecule has 0 rings (SSSR count). The van der Waals surface area contributed by atoms with Gasteiger partial charge in [-0.15, -0.1) is 0 Å². The molecule has 4 heteroatoms. The normalized spacial score (nSPS) is 14.7. The Morgan fingerprint density at radius 3 is 1.75 bits per heavy atom. The molecular formula is C16H31NO3. The van der Waals surface area contributed by atoms with Gasteiger partial charge in [-0.1, -0.05) is 20.8 Å². The van der Waals surface area contributed by atoms with Crippen LogP contribution < -0.4 is 0 Å². The van der Waals surface area contributed by atoms with Gasteiger partial charge in [0.25, 0.3) is 0 Å². The van der Waals surface area contributed by atoms with E-state index in [-0.39, 0.29) is 17.6 Å². The minimum Gasteiger partial charge on any atom is -0.444 e. The second-order valence-corrected chi connectivity index (χ2v) is 8.31. The van der Waals surface area contributed by atoms with Crippen molar-refractivity contribution in [1.82, 2.24) is 4.90 Å². The molecule has 0 heterocycles. The van der Waals surface area contributed by atoms with Crippen molar-refractivity contribution in [2.75, 3.05) is 0 Å². The Morgan fingerprint density at radius 1 is 1.05 bits per heavy atom. The average molecular weight is 285 g/mol. The van der Waals surface area contributed by atoms with Crippen molar-refractivity contribution in [1.29, 1.82) is 0 Å². The van der Waals surface area contributed by atoms with Gasteiger partial charge in [0.1, 0.15) is 11.9 Å². The summed E-state index contributed by atoms with van der Waals surface area (Å²) in [6.07, 6.45) is 0.811. The summed E-state index contributed by atoms with van der Waals surface area (Å²) >= 11 is 0. The Labute approximate surface area is 123 Å². The van der Waals surface area contributed by atoms with Crippen molar-refractivity contribution in [2.24, 2.45) is 5.41 Å². The van der Waals surface area contributed by atoms with Crippen LogP contribution in [0.15, 0.2) is 0 Å². The van der Waals surface area contributed by atoms with E-state index < -0.39 is 11.1 Å². The van der Waals surface area contributed by atoms with Gasteiger partial charge < -0.3 is 9.53 Å². The molecule has 1 atom stereocenters. The van der Waals surface area contributed by atoms with Crippen LogP contribution >= 0.6 is 0 Å². The maximum absolute atomic E-state index is 12.6. The Balaban J connectivity index is 5.54. The summed E-state index contributed by atoms with van der Waals surface area (Å²) < 4.78 is 5.52. The van der Waals surface area contributed by atoms with E-state index in [1.165, 1.54) is 0 Å². The first-order chi connectivity index (χ1) is 8.70. The topological polar surface area (TPSA) is 46.6 Å². The molecule has 0 aliphatic carbocycles. The van der Waals surface area contributed by atoms with Gasteiger partial charge in [-0.05, 0) is 47.0 Å². The molecule has 0 aromatic rings. The molecule has 0 fully saturated rings. The standard InChI is InChI=1S/C16H31NO3/c1-14(2,3)12(10-11-18)17(15(4,5)6)13(19)20-16(7,8)9/h11-12H,10H2,1-9H3. The van der Waals surface area contributed by atoms with E-state index in [0.29, 0.717) is 6.42 Å². The summed E-state index contributed by atoms with van der Waals surface area (Å²) in [5, 5.41) is 0. The fourth-order valence-corrected chi connectivity index (χ4v) is 2.12. The molecule has 20 heavy (non-hydrogen) atoms. The van der Waals surface area contributed by atoms with Crippen LogP contribution in [0, 0.1) is 5.41 Å². The molecule has 118 valence electrons. The third-order valence-electron chi connectivity index (χ3n) is 2.94. The van der Waals surface area contributed by atoms with Gasteiger partial charge in [-0.2, -0.15) is 0 Å². The monoisotopic (exact) mass is 285 g/mol. The van der Waals surface area contributed by atoms with Crippen LogP contribution in [-0.2, 0) is 9.53 Å². The van der Waals surface area contributed by atoms with E-state index in [1.807, 2.05) is 62.3 Å². The zero-order valence-corrected chi connectivity index (χ0v) is 14.5. The third-order valence-corrected chi connectivity index (χ3v) is 2.94. The lowest BCUT2D eigenvalue weighted by Gasteiger charge is -2.46. The van der Waals surface area contributed by atoms with Crippen molar-refractivity contribution in [3.05, 3.63) is 0 Å². The molecule has 0 aliphatic rings. The molecular weight excluding hydrogens is 254 g/mol. The molecule has 0 N–H and O–H groups in total. The molecule has 0 aliphatic heterocycles. The number of amides is 1. The summed E-state index contributed by atoms with van der Waals surface area (Å²) in [6.45, 7) is 17.5. The van der Waals surface area contributed by atoms with E-state index in [4.69, 9.17) is 4.74 Å². The van der Waals surface area contributed by atoms with Gasteiger partial charge >= 0.3 is 6.09 Å². The zero-order chi connectivity index (χ0) is 16.4. The van der Waals surface area contributed by atoms with Crippen LogP contribution in [0.1, 0.15) is 68.7 Å². The lowest BCUT2D eigenvalue weighted by atomic mass is 9.82. The van der Waals surface area contributed by atoms with Crippen molar-refractivity contribution in [3.63, 3.8) is 0 Å². The van der Waals surface area contributed by atoms with Crippen molar-refractivity contribution < 1.29 is 14.3 Å². The smallest absolute Gasteiger partial charge is 0.411 e. The molecule has 0 saturated carbocycles. The van der Waals surface area contributed by atoms with Crippen LogP contribution in [0.2, 0.25) is 0 Å². The van der Waals surface area contributed by atoms with Crippen molar-refractivity contribution >= 4 is 12.4 Å². The molecule has 0 aromatic carbocycles.